The van der Waals surface area contributed by atoms with Gasteiger partial charge in [-0.05, 0) is 44.2 Å². The third-order valence-electron chi connectivity index (χ3n) is 4.39. The molecule has 5 nitrogen and oxygen atoms in total. The van der Waals surface area contributed by atoms with Gasteiger partial charge in [-0.15, -0.1) is 0 Å². The fourth-order valence-electron chi connectivity index (χ4n) is 3.07. The fraction of sp³-hybridized carbons (Fsp3) is 0.588. The second-order valence-corrected chi connectivity index (χ2v) is 6.01. The molecule has 0 aromatic heterocycles. The van der Waals surface area contributed by atoms with Gasteiger partial charge in [-0.25, -0.2) is 0 Å². The zero-order valence-electron chi connectivity index (χ0n) is 13.6. The zero-order valence-corrected chi connectivity index (χ0v) is 13.6. The Kier molecular flexibility index (Phi) is 5.66. The molecule has 1 aromatic carbocycles. The Hall–Kier alpha value is -1.75. The molecule has 3 N–H and O–H groups in total. The maximum atomic E-state index is 12.4. The summed E-state index contributed by atoms with van der Waals surface area (Å²) in [5.41, 5.74) is 7.43. The highest BCUT2D eigenvalue weighted by Gasteiger charge is 2.20. The minimum Gasteiger partial charge on any atom is -0.496 e. The van der Waals surface area contributed by atoms with Crippen molar-refractivity contribution in [2.45, 2.75) is 38.6 Å². The summed E-state index contributed by atoms with van der Waals surface area (Å²) in [7, 11) is 3.18. The number of ether oxygens (including phenoxy) is 2. The first-order chi connectivity index (χ1) is 10.5. The number of amides is 1. The van der Waals surface area contributed by atoms with Crippen molar-refractivity contribution in [1.29, 1.82) is 0 Å². The van der Waals surface area contributed by atoms with Gasteiger partial charge in [0.15, 0.2) is 0 Å². The van der Waals surface area contributed by atoms with Crippen molar-refractivity contribution in [2.75, 3.05) is 20.8 Å². The normalized spacial score (nSPS) is 21.3. The summed E-state index contributed by atoms with van der Waals surface area (Å²) in [5.74, 6) is 1.69. The van der Waals surface area contributed by atoms with Crippen LogP contribution in [0.5, 0.6) is 11.5 Å². The molecular formula is C17H26N2O3. The van der Waals surface area contributed by atoms with Crippen molar-refractivity contribution in [3.8, 4) is 11.5 Å². The lowest BCUT2D eigenvalue weighted by Crippen LogP contribution is -2.35. The lowest BCUT2D eigenvalue weighted by Gasteiger charge is -2.26. The number of hydrogen-bond donors (Lipinski definition) is 2. The Morgan fingerprint density at radius 1 is 1.27 bits per heavy atom. The Morgan fingerprint density at radius 3 is 2.45 bits per heavy atom. The van der Waals surface area contributed by atoms with Gasteiger partial charge in [-0.2, -0.15) is 0 Å². The minimum atomic E-state index is -0.101. The third kappa shape index (κ3) is 3.91. The van der Waals surface area contributed by atoms with Gasteiger partial charge in [0.2, 0.25) is 0 Å². The van der Waals surface area contributed by atoms with Crippen molar-refractivity contribution in [3.05, 3.63) is 23.3 Å². The van der Waals surface area contributed by atoms with Crippen LogP contribution >= 0.6 is 0 Å². The fourth-order valence-corrected chi connectivity index (χ4v) is 3.07. The molecular weight excluding hydrogens is 280 g/mol. The lowest BCUT2D eigenvalue weighted by molar-refractivity contribution is 0.0941. The summed E-state index contributed by atoms with van der Waals surface area (Å²) in [6.45, 7) is 2.58. The van der Waals surface area contributed by atoms with Crippen LogP contribution in [-0.2, 0) is 0 Å². The van der Waals surface area contributed by atoms with E-state index in [1.54, 1.807) is 26.4 Å². The molecule has 0 spiro atoms. The van der Waals surface area contributed by atoms with Crippen molar-refractivity contribution in [1.82, 2.24) is 5.32 Å². The van der Waals surface area contributed by atoms with Crippen molar-refractivity contribution < 1.29 is 14.3 Å². The number of rotatable bonds is 5. The minimum absolute atomic E-state index is 0.101. The monoisotopic (exact) mass is 306 g/mol. The van der Waals surface area contributed by atoms with Crippen LogP contribution in [0.2, 0.25) is 0 Å². The Bertz CT molecular complexity index is 506. The smallest absolute Gasteiger partial charge is 0.251 e. The summed E-state index contributed by atoms with van der Waals surface area (Å²) < 4.78 is 10.6. The largest absolute Gasteiger partial charge is 0.496 e. The average Bonchev–Trinajstić information content (AvgIpc) is 2.53. The molecule has 1 aromatic rings. The highest BCUT2D eigenvalue weighted by Crippen LogP contribution is 2.29. The summed E-state index contributed by atoms with van der Waals surface area (Å²) in [4.78, 5) is 12.4. The van der Waals surface area contributed by atoms with Gasteiger partial charge in [0.25, 0.3) is 5.91 Å². The van der Waals surface area contributed by atoms with Crippen LogP contribution in [0.15, 0.2) is 12.1 Å². The molecule has 122 valence electrons. The maximum absolute atomic E-state index is 12.4. The topological polar surface area (TPSA) is 73.6 Å². The van der Waals surface area contributed by atoms with E-state index in [1.807, 2.05) is 6.92 Å². The van der Waals surface area contributed by atoms with Crippen LogP contribution < -0.4 is 20.5 Å². The molecule has 0 aliphatic heterocycles. The van der Waals surface area contributed by atoms with E-state index in [2.05, 4.69) is 5.32 Å². The number of methoxy groups -OCH3 is 2. The highest BCUT2D eigenvalue weighted by molar-refractivity contribution is 5.95. The van der Waals surface area contributed by atoms with E-state index in [0.29, 0.717) is 29.5 Å². The lowest BCUT2D eigenvalue weighted by atomic mass is 9.86. The molecule has 5 heteroatoms. The zero-order chi connectivity index (χ0) is 16.1. The molecule has 2 atom stereocenters. The van der Waals surface area contributed by atoms with E-state index in [1.165, 1.54) is 0 Å². The standard InChI is InChI=1S/C17H26N2O3/c1-11-15(21-2)8-13(9-16(11)22-3)17(20)19-10-12-5-4-6-14(18)7-12/h8-9,12,14H,4-7,10,18H2,1-3H3,(H,19,20). The Morgan fingerprint density at radius 2 is 1.91 bits per heavy atom. The molecule has 0 bridgehead atoms. The van der Waals surface area contributed by atoms with Crippen LogP contribution in [-0.4, -0.2) is 32.7 Å². The number of nitrogens with one attached hydrogen (secondary N) is 1. The highest BCUT2D eigenvalue weighted by atomic mass is 16.5. The van der Waals surface area contributed by atoms with Crippen molar-refractivity contribution in [2.24, 2.45) is 11.7 Å². The van der Waals surface area contributed by atoms with Crippen LogP contribution in [0.3, 0.4) is 0 Å². The number of nitrogens with two attached hydrogens (primary N) is 1. The Labute approximate surface area is 132 Å². The van der Waals surface area contributed by atoms with Gasteiger partial charge in [0.05, 0.1) is 14.2 Å². The number of carbonyl (C=O) groups is 1. The molecule has 1 aliphatic rings. The molecule has 1 aliphatic carbocycles. The quantitative estimate of drug-likeness (QED) is 0.875. The van der Waals surface area contributed by atoms with Gasteiger partial charge in [0.1, 0.15) is 11.5 Å². The van der Waals surface area contributed by atoms with Crippen molar-refractivity contribution >= 4 is 5.91 Å². The summed E-state index contributed by atoms with van der Waals surface area (Å²) in [6.07, 6.45) is 4.36. The number of hydrogen-bond acceptors (Lipinski definition) is 4. The summed E-state index contributed by atoms with van der Waals surface area (Å²) >= 11 is 0. The average molecular weight is 306 g/mol. The van der Waals surface area contributed by atoms with E-state index in [0.717, 1.165) is 31.2 Å². The van der Waals surface area contributed by atoms with Gasteiger partial charge in [0, 0.05) is 23.7 Å². The van der Waals surface area contributed by atoms with E-state index in [9.17, 15) is 4.79 Å². The van der Waals surface area contributed by atoms with Crippen LogP contribution in [0.25, 0.3) is 0 Å². The number of benzene rings is 1. The van der Waals surface area contributed by atoms with Crippen LogP contribution in [0.4, 0.5) is 0 Å². The summed E-state index contributed by atoms with van der Waals surface area (Å²) in [5, 5.41) is 3.01. The predicted molar refractivity (Wildman–Crippen MR) is 86.5 cm³/mol. The molecule has 0 radical (unpaired) electrons. The predicted octanol–water partition coefficient (Wildman–Crippen LogP) is 2.26. The van der Waals surface area contributed by atoms with Crippen LogP contribution in [0.1, 0.15) is 41.6 Å². The van der Waals surface area contributed by atoms with Crippen molar-refractivity contribution in [3.63, 3.8) is 0 Å². The molecule has 0 saturated heterocycles. The number of carbonyl (C=O) groups excluding carboxylic acids is 1. The molecule has 1 amide bonds. The molecule has 0 heterocycles. The molecule has 22 heavy (non-hydrogen) atoms. The Balaban J connectivity index is 2.03. The second-order valence-electron chi connectivity index (χ2n) is 6.01. The van der Waals surface area contributed by atoms with E-state index >= 15 is 0 Å². The van der Waals surface area contributed by atoms with Crippen LogP contribution in [0, 0.1) is 12.8 Å². The molecule has 2 rings (SSSR count). The second kappa shape index (κ2) is 7.49. The maximum Gasteiger partial charge on any atom is 0.251 e. The molecule has 2 unspecified atom stereocenters. The molecule has 1 fully saturated rings. The first-order valence-corrected chi connectivity index (χ1v) is 7.81. The van der Waals surface area contributed by atoms with Gasteiger partial charge < -0.3 is 20.5 Å². The van der Waals surface area contributed by atoms with E-state index in [4.69, 9.17) is 15.2 Å². The first kappa shape index (κ1) is 16.6. The summed E-state index contributed by atoms with van der Waals surface area (Å²) in [6, 6.07) is 3.77. The third-order valence-corrected chi connectivity index (χ3v) is 4.39. The first-order valence-electron chi connectivity index (χ1n) is 7.81. The van der Waals surface area contributed by atoms with E-state index in [-0.39, 0.29) is 11.9 Å². The van der Waals surface area contributed by atoms with Gasteiger partial charge >= 0.3 is 0 Å². The SMILES string of the molecule is COc1cc(C(=O)NCC2CCCC(N)C2)cc(OC)c1C. The van der Waals surface area contributed by atoms with E-state index < -0.39 is 0 Å². The van der Waals surface area contributed by atoms with Gasteiger partial charge in [-0.1, -0.05) is 6.42 Å². The molecule has 1 saturated carbocycles. The van der Waals surface area contributed by atoms with Gasteiger partial charge in [-0.3, -0.25) is 4.79 Å².